The van der Waals surface area contributed by atoms with Crippen LogP contribution in [0.5, 0.6) is 0 Å². The fraction of sp³-hybridized carbons (Fsp3) is 0.417. The van der Waals surface area contributed by atoms with E-state index in [1.165, 1.54) is 18.2 Å². The predicted molar refractivity (Wildman–Crippen MR) is 121 cm³/mol. The van der Waals surface area contributed by atoms with Crippen molar-refractivity contribution in [3.05, 3.63) is 65.0 Å². The van der Waals surface area contributed by atoms with Crippen molar-refractivity contribution < 1.29 is 31.2 Å². The lowest BCUT2D eigenvalue weighted by Gasteiger charge is -2.26. The Bertz CT molecular complexity index is 1270. The zero-order valence-corrected chi connectivity index (χ0v) is 19.8. The number of carbonyl (C=O) groups excluding carboxylic acids is 2. The second-order valence-corrected chi connectivity index (χ2v) is 11.2. The third-order valence-corrected chi connectivity index (χ3v) is 7.75. The number of nitrogens with zero attached hydrogens (tertiary/aromatic N) is 2. The summed E-state index contributed by atoms with van der Waals surface area (Å²) in [6, 6.07) is 5.71. The first-order chi connectivity index (χ1) is 16.4. The van der Waals surface area contributed by atoms with E-state index in [0.29, 0.717) is 38.2 Å². The SMILES string of the molecule is CS(=O)(=O)c1cccc(C(=O)N2C[C@@H]3CCN(C(=O)C[C@H]([NH])Cc4cc(F)c(F)cc4F)[C@@H]3C2)c1. The molecular formula is C24H25F3N3O4S. The highest BCUT2D eigenvalue weighted by Gasteiger charge is 2.44. The van der Waals surface area contributed by atoms with E-state index in [9.17, 15) is 31.2 Å². The molecule has 2 aromatic carbocycles. The molecule has 187 valence electrons. The Balaban J connectivity index is 1.39. The van der Waals surface area contributed by atoms with Gasteiger partial charge in [-0.05, 0) is 42.7 Å². The predicted octanol–water partition coefficient (Wildman–Crippen LogP) is 2.46. The van der Waals surface area contributed by atoms with E-state index in [1.807, 2.05) is 0 Å². The quantitative estimate of drug-likeness (QED) is 0.560. The lowest BCUT2D eigenvalue weighted by Crippen LogP contribution is -2.42. The van der Waals surface area contributed by atoms with Crippen molar-refractivity contribution in [2.24, 2.45) is 5.92 Å². The molecule has 2 aromatic rings. The third kappa shape index (κ3) is 5.35. The Kier molecular flexibility index (Phi) is 6.92. The molecule has 0 unspecified atom stereocenters. The highest BCUT2D eigenvalue weighted by atomic mass is 32.2. The number of likely N-dealkylation sites (tertiary alicyclic amines) is 2. The maximum atomic E-state index is 13.9. The summed E-state index contributed by atoms with van der Waals surface area (Å²) < 4.78 is 64.1. The van der Waals surface area contributed by atoms with Crippen LogP contribution >= 0.6 is 0 Å². The monoisotopic (exact) mass is 508 g/mol. The van der Waals surface area contributed by atoms with Gasteiger partial charge in [-0.25, -0.2) is 21.6 Å². The van der Waals surface area contributed by atoms with Gasteiger partial charge in [0.1, 0.15) is 5.82 Å². The lowest BCUT2D eigenvalue weighted by atomic mass is 10.0. The zero-order chi connectivity index (χ0) is 25.5. The van der Waals surface area contributed by atoms with Crippen molar-refractivity contribution in [2.75, 3.05) is 25.9 Å². The standard InChI is InChI=1S/C24H25F3N3O4S/c1-35(33,34)18-4-2-3-14(8-18)24(32)29-12-15-5-6-30(22(15)13-29)23(31)10-17(28)7-16-9-20(26)21(27)11-19(16)25/h2-4,8-9,11,15,17,22,28H,5-7,10,12-13H2,1H3/t15-,17+,22+/m0/s1. The van der Waals surface area contributed by atoms with Crippen LogP contribution < -0.4 is 5.73 Å². The third-order valence-electron chi connectivity index (χ3n) is 6.64. The molecule has 2 fully saturated rings. The van der Waals surface area contributed by atoms with Gasteiger partial charge in [-0.15, -0.1) is 0 Å². The molecule has 3 atom stereocenters. The topological polar surface area (TPSA) is 98.6 Å². The van der Waals surface area contributed by atoms with E-state index in [2.05, 4.69) is 0 Å². The van der Waals surface area contributed by atoms with E-state index in [1.54, 1.807) is 15.9 Å². The summed E-state index contributed by atoms with van der Waals surface area (Å²) in [4.78, 5) is 29.2. The summed E-state index contributed by atoms with van der Waals surface area (Å²) in [6.45, 7) is 1.20. The zero-order valence-electron chi connectivity index (χ0n) is 19.0. The number of rotatable bonds is 6. The van der Waals surface area contributed by atoms with Crippen LogP contribution in [0.4, 0.5) is 13.2 Å². The number of hydrogen-bond donors (Lipinski definition) is 0. The van der Waals surface area contributed by atoms with Crippen molar-refractivity contribution in [3.8, 4) is 0 Å². The normalized spacial score (nSPS) is 20.7. The number of carbonyl (C=O) groups is 2. The van der Waals surface area contributed by atoms with Crippen LogP contribution in [0.25, 0.3) is 0 Å². The van der Waals surface area contributed by atoms with Crippen LogP contribution in [0.2, 0.25) is 0 Å². The Hall–Kier alpha value is -2.92. The minimum absolute atomic E-state index is 0.0542. The summed E-state index contributed by atoms with van der Waals surface area (Å²) in [5, 5.41) is 0. The number of sulfone groups is 1. The lowest BCUT2D eigenvalue weighted by molar-refractivity contribution is -0.132. The molecule has 2 heterocycles. The summed E-state index contributed by atoms with van der Waals surface area (Å²) >= 11 is 0. The second kappa shape index (κ2) is 9.62. The fourth-order valence-corrected chi connectivity index (χ4v) is 5.53. The van der Waals surface area contributed by atoms with Crippen LogP contribution in [-0.2, 0) is 21.1 Å². The van der Waals surface area contributed by atoms with Gasteiger partial charge >= 0.3 is 0 Å². The first-order valence-electron chi connectivity index (χ1n) is 11.2. The smallest absolute Gasteiger partial charge is 0.253 e. The van der Waals surface area contributed by atoms with Gasteiger partial charge in [0.05, 0.1) is 10.9 Å². The van der Waals surface area contributed by atoms with E-state index in [4.69, 9.17) is 5.73 Å². The largest absolute Gasteiger partial charge is 0.338 e. The molecule has 0 saturated carbocycles. The molecule has 0 bridgehead atoms. The summed E-state index contributed by atoms with van der Waals surface area (Å²) in [5.41, 5.74) is 8.25. The molecule has 0 spiro atoms. The molecule has 11 heteroatoms. The molecule has 2 saturated heterocycles. The Morgan fingerprint density at radius 1 is 1.09 bits per heavy atom. The van der Waals surface area contributed by atoms with E-state index < -0.39 is 33.3 Å². The Morgan fingerprint density at radius 2 is 1.80 bits per heavy atom. The molecule has 2 aliphatic rings. The van der Waals surface area contributed by atoms with Crippen LogP contribution in [0.3, 0.4) is 0 Å². The number of nitrogens with one attached hydrogen (secondary N) is 1. The second-order valence-electron chi connectivity index (χ2n) is 9.18. The maximum Gasteiger partial charge on any atom is 0.253 e. The fourth-order valence-electron chi connectivity index (χ4n) is 4.87. The maximum absolute atomic E-state index is 13.9. The molecule has 7 nitrogen and oxygen atoms in total. The van der Waals surface area contributed by atoms with Gasteiger partial charge in [0, 0.05) is 55.9 Å². The van der Waals surface area contributed by atoms with Crippen LogP contribution in [0, 0.1) is 23.4 Å². The minimum atomic E-state index is -3.46. The van der Waals surface area contributed by atoms with Crippen molar-refractivity contribution in [1.29, 1.82) is 0 Å². The number of fused-ring (bicyclic) bond motifs is 1. The molecule has 4 rings (SSSR count). The highest BCUT2D eigenvalue weighted by molar-refractivity contribution is 7.90. The number of hydrogen-bond acceptors (Lipinski definition) is 4. The first kappa shape index (κ1) is 25.2. The molecule has 1 radical (unpaired) electrons. The van der Waals surface area contributed by atoms with Gasteiger partial charge in [0.25, 0.3) is 5.91 Å². The molecular weight excluding hydrogens is 483 g/mol. The molecule has 35 heavy (non-hydrogen) atoms. The van der Waals surface area contributed by atoms with Gasteiger partial charge in [-0.1, -0.05) is 6.07 Å². The Labute approximate surface area is 201 Å². The molecule has 2 amide bonds. The van der Waals surface area contributed by atoms with Gasteiger partial charge in [-0.3, -0.25) is 15.3 Å². The van der Waals surface area contributed by atoms with Crippen molar-refractivity contribution in [2.45, 2.75) is 36.2 Å². The van der Waals surface area contributed by atoms with Gasteiger partial charge < -0.3 is 9.80 Å². The summed E-state index contributed by atoms with van der Waals surface area (Å²) in [5.74, 6) is -4.04. The van der Waals surface area contributed by atoms with E-state index in [0.717, 1.165) is 6.26 Å². The molecule has 2 aliphatic heterocycles. The van der Waals surface area contributed by atoms with E-state index >= 15 is 0 Å². The summed E-state index contributed by atoms with van der Waals surface area (Å²) in [6.07, 6.45) is 1.30. The van der Waals surface area contributed by atoms with Gasteiger partial charge in [0.15, 0.2) is 21.5 Å². The van der Waals surface area contributed by atoms with Crippen molar-refractivity contribution in [3.63, 3.8) is 0 Å². The first-order valence-corrected chi connectivity index (χ1v) is 13.1. The van der Waals surface area contributed by atoms with Crippen LogP contribution in [0.15, 0.2) is 41.3 Å². The highest BCUT2D eigenvalue weighted by Crippen LogP contribution is 2.33. The van der Waals surface area contributed by atoms with Crippen LogP contribution in [-0.4, -0.2) is 68.0 Å². The number of benzene rings is 2. The summed E-state index contributed by atoms with van der Waals surface area (Å²) in [7, 11) is -3.46. The number of amides is 2. The van der Waals surface area contributed by atoms with Gasteiger partial charge in [0.2, 0.25) is 5.91 Å². The minimum Gasteiger partial charge on any atom is -0.338 e. The average Bonchev–Trinajstić information content (AvgIpc) is 3.37. The van der Waals surface area contributed by atoms with Crippen LogP contribution in [0.1, 0.15) is 28.8 Å². The molecule has 0 aromatic heterocycles. The molecule has 0 aliphatic carbocycles. The van der Waals surface area contributed by atoms with Crippen molar-refractivity contribution >= 4 is 21.7 Å². The van der Waals surface area contributed by atoms with Gasteiger partial charge in [-0.2, -0.15) is 0 Å². The van der Waals surface area contributed by atoms with Crippen molar-refractivity contribution in [1.82, 2.24) is 15.5 Å². The van der Waals surface area contributed by atoms with E-state index in [-0.39, 0.29) is 52.6 Å². The average molecular weight is 509 g/mol. The number of halogens is 3. The Morgan fingerprint density at radius 3 is 2.51 bits per heavy atom. The molecule has 1 N–H and O–H groups in total.